The molecule has 0 aromatic rings. The fraction of sp³-hybridized carbons (Fsp3) is 0.818. The van der Waals surface area contributed by atoms with Gasteiger partial charge in [-0.1, -0.05) is 0 Å². The Bertz CT molecular complexity index is 200. The predicted molar refractivity (Wildman–Crippen MR) is 55.9 cm³/mol. The number of morpholine rings is 1. The van der Waals surface area contributed by atoms with Gasteiger partial charge in [0.25, 0.3) is 0 Å². The molecule has 0 bridgehead atoms. The smallest absolute Gasteiger partial charge is 0.0933 e. The third-order valence-corrected chi connectivity index (χ3v) is 2.60. The minimum Gasteiger partial charge on any atom is -0.394 e. The van der Waals surface area contributed by atoms with Crippen LogP contribution in [0.3, 0.4) is 0 Å². The highest BCUT2D eigenvalue weighted by Crippen LogP contribution is 2.11. The molecule has 0 aromatic carbocycles. The minimum atomic E-state index is -0.0166. The minimum absolute atomic E-state index is 0.0166. The van der Waals surface area contributed by atoms with Gasteiger partial charge >= 0.3 is 0 Å². The van der Waals surface area contributed by atoms with Crippen molar-refractivity contribution in [3.05, 3.63) is 0 Å². The second-order valence-corrected chi connectivity index (χ2v) is 3.79. The average Bonchev–Trinajstić information content (AvgIpc) is 2.21. The Morgan fingerprint density at radius 3 is 3.07 bits per heavy atom. The second-order valence-electron chi connectivity index (χ2n) is 3.79. The Morgan fingerprint density at radius 2 is 2.43 bits per heavy atom. The Morgan fingerprint density at radius 1 is 1.64 bits per heavy atom. The first-order chi connectivity index (χ1) is 6.77. The van der Waals surface area contributed by atoms with Gasteiger partial charge in [0.2, 0.25) is 0 Å². The topological polar surface area (TPSA) is 32.7 Å². The van der Waals surface area contributed by atoms with E-state index in [4.69, 9.17) is 16.3 Å². The summed E-state index contributed by atoms with van der Waals surface area (Å²) >= 11 is 0. The molecule has 1 fully saturated rings. The summed E-state index contributed by atoms with van der Waals surface area (Å²) in [6, 6.07) is 0.440. The summed E-state index contributed by atoms with van der Waals surface area (Å²) in [6.07, 6.45) is 7.04. The van der Waals surface area contributed by atoms with E-state index in [0.29, 0.717) is 12.6 Å². The molecule has 1 aliphatic heterocycles. The van der Waals surface area contributed by atoms with Crippen LogP contribution in [0.1, 0.15) is 19.8 Å². The quantitative estimate of drug-likeness (QED) is 0.525. The molecule has 0 saturated carbocycles. The molecule has 1 rings (SSSR count). The molecule has 1 N–H and O–H groups in total. The standard InChI is InChI=1S/C11H19NO2/c1-3-4-5-6-12-7-11(8-13)14-9-10(12)2/h1,10-11,13H,4-9H2,2H3. The van der Waals surface area contributed by atoms with Crippen molar-refractivity contribution in [3.8, 4) is 12.3 Å². The van der Waals surface area contributed by atoms with E-state index in [0.717, 1.165) is 25.9 Å². The third kappa shape index (κ3) is 3.30. The average molecular weight is 197 g/mol. The van der Waals surface area contributed by atoms with Crippen LogP contribution < -0.4 is 0 Å². The van der Waals surface area contributed by atoms with Gasteiger partial charge in [0, 0.05) is 19.0 Å². The number of hydrogen-bond acceptors (Lipinski definition) is 3. The van der Waals surface area contributed by atoms with Crippen LogP contribution in [-0.4, -0.2) is 48.5 Å². The molecule has 1 saturated heterocycles. The zero-order valence-corrected chi connectivity index (χ0v) is 8.78. The van der Waals surface area contributed by atoms with Crippen LogP contribution >= 0.6 is 0 Å². The van der Waals surface area contributed by atoms with Gasteiger partial charge in [-0.25, -0.2) is 0 Å². The lowest BCUT2D eigenvalue weighted by molar-refractivity contribution is -0.0777. The molecule has 14 heavy (non-hydrogen) atoms. The van der Waals surface area contributed by atoms with E-state index in [1.54, 1.807) is 0 Å². The van der Waals surface area contributed by atoms with Gasteiger partial charge in [-0.15, -0.1) is 12.3 Å². The highest BCUT2D eigenvalue weighted by Gasteiger charge is 2.24. The molecule has 0 aromatic heterocycles. The number of terminal acetylenes is 1. The molecule has 2 unspecified atom stereocenters. The van der Waals surface area contributed by atoms with E-state index in [2.05, 4.69) is 17.7 Å². The Balaban J connectivity index is 2.29. The van der Waals surface area contributed by atoms with Crippen molar-refractivity contribution in [1.82, 2.24) is 4.90 Å². The number of nitrogens with zero attached hydrogens (tertiary/aromatic N) is 1. The van der Waals surface area contributed by atoms with E-state index in [9.17, 15) is 0 Å². The van der Waals surface area contributed by atoms with Gasteiger partial charge in [0.15, 0.2) is 0 Å². The van der Waals surface area contributed by atoms with Crippen molar-refractivity contribution in [1.29, 1.82) is 0 Å². The molecule has 2 atom stereocenters. The molecule has 1 aliphatic rings. The van der Waals surface area contributed by atoms with Crippen LogP contribution in [-0.2, 0) is 4.74 Å². The monoisotopic (exact) mass is 197 g/mol. The van der Waals surface area contributed by atoms with E-state index >= 15 is 0 Å². The molecule has 0 radical (unpaired) electrons. The van der Waals surface area contributed by atoms with E-state index in [1.807, 2.05) is 0 Å². The van der Waals surface area contributed by atoms with Crippen molar-refractivity contribution in [2.24, 2.45) is 0 Å². The molecule has 0 amide bonds. The van der Waals surface area contributed by atoms with Crippen LogP contribution in [0.15, 0.2) is 0 Å². The van der Waals surface area contributed by atoms with Crippen molar-refractivity contribution in [3.63, 3.8) is 0 Å². The largest absolute Gasteiger partial charge is 0.394 e. The lowest BCUT2D eigenvalue weighted by Crippen LogP contribution is -2.49. The number of ether oxygens (including phenoxy) is 1. The highest BCUT2D eigenvalue weighted by molar-refractivity contribution is 4.84. The van der Waals surface area contributed by atoms with Crippen molar-refractivity contribution >= 4 is 0 Å². The number of aliphatic hydroxyl groups excluding tert-OH is 1. The normalized spacial score (nSPS) is 28.6. The SMILES string of the molecule is C#CCCCN1CC(CO)OCC1C. The molecule has 0 spiro atoms. The Kier molecular flexibility index (Phi) is 4.95. The van der Waals surface area contributed by atoms with Crippen molar-refractivity contribution < 1.29 is 9.84 Å². The van der Waals surface area contributed by atoms with Gasteiger partial charge < -0.3 is 9.84 Å². The molecular formula is C11H19NO2. The third-order valence-electron chi connectivity index (χ3n) is 2.60. The van der Waals surface area contributed by atoms with Gasteiger partial charge in [-0.3, -0.25) is 4.90 Å². The fourth-order valence-corrected chi connectivity index (χ4v) is 1.68. The first kappa shape index (κ1) is 11.5. The first-order valence-electron chi connectivity index (χ1n) is 5.18. The molecule has 80 valence electrons. The van der Waals surface area contributed by atoms with Crippen molar-refractivity contribution in [2.45, 2.75) is 31.9 Å². The van der Waals surface area contributed by atoms with E-state index < -0.39 is 0 Å². The summed E-state index contributed by atoms with van der Waals surface area (Å²) in [7, 11) is 0. The maximum atomic E-state index is 8.98. The van der Waals surface area contributed by atoms with Gasteiger partial charge in [0.1, 0.15) is 0 Å². The number of hydrogen-bond donors (Lipinski definition) is 1. The lowest BCUT2D eigenvalue weighted by atomic mass is 10.2. The Hall–Kier alpha value is -0.560. The summed E-state index contributed by atoms with van der Waals surface area (Å²) in [5.41, 5.74) is 0. The van der Waals surface area contributed by atoms with Crippen LogP contribution in [0, 0.1) is 12.3 Å². The van der Waals surface area contributed by atoms with Crippen LogP contribution in [0.5, 0.6) is 0 Å². The maximum absolute atomic E-state index is 8.98. The highest BCUT2D eigenvalue weighted by atomic mass is 16.5. The fourth-order valence-electron chi connectivity index (χ4n) is 1.68. The summed E-state index contributed by atoms with van der Waals surface area (Å²) in [5.74, 6) is 2.64. The lowest BCUT2D eigenvalue weighted by Gasteiger charge is -2.37. The van der Waals surface area contributed by atoms with Crippen LogP contribution in [0.2, 0.25) is 0 Å². The molecular weight excluding hydrogens is 178 g/mol. The van der Waals surface area contributed by atoms with Gasteiger partial charge in [0.05, 0.1) is 19.3 Å². The maximum Gasteiger partial charge on any atom is 0.0933 e. The number of unbranched alkanes of at least 4 members (excludes halogenated alkanes) is 1. The summed E-state index contributed by atoms with van der Waals surface area (Å²) in [5, 5.41) is 8.98. The van der Waals surface area contributed by atoms with E-state index in [-0.39, 0.29) is 12.7 Å². The summed E-state index contributed by atoms with van der Waals surface area (Å²) in [6.45, 7) is 4.79. The molecule has 1 heterocycles. The summed E-state index contributed by atoms with van der Waals surface area (Å²) < 4.78 is 5.44. The molecule has 3 nitrogen and oxygen atoms in total. The Labute approximate surface area is 86.0 Å². The zero-order valence-electron chi connectivity index (χ0n) is 8.78. The van der Waals surface area contributed by atoms with Crippen LogP contribution in [0.25, 0.3) is 0 Å². The number of rotatable bonds is 4. The van der Waals surface area contributed by atoms with E-state index in [1.165, 1.54) is 0 Å². The van der Waals surface area contributed by atoms with Gasteiger partial charge in [-0.05, 0) is 19.9 Å². The number of aliphatic hydroxyl groups is 1. The van der Waals surface area contributed by atoms with Crippen molar-refractivity contribution in [2.75, 3.05) is 26.3 Å². The zero-order chi connectivity index (χ0) is 10.4. The molecule has 3 heteroatoms. The van der Waals surface area contributed by atoms with Gasteiger partial charge in [-0.2, -0.15) is 0 Å². The predicted octanol–water partition coefficient (Wildman–Crippen LogP) is 0.481. The second kappa shape index (κ2) is 6.02. The molecule has 0 aliphatic carbocycles. The first-order valence-corrected chi connectivity index (χ1v) is 5.18. The van der Waals surface area contributed by atoms with Crippen LogP contribution in [0.4, 0.5) is 0 Å². The summed E-state index contributed by atoms with van der Waals surface area (Å²) in [4.78, 5) is 2.34.